The summed E-state index contributed by atoms with van der Waals surface area (Å²) in [5, 5.41) is 9.77. The van der Waals surface area contributed by atoms with Crippen LogP contribution in [0, 0.1) is 12.8 Å². The van der Waals surface area contributed by atoms with Gasteiger partial charge in [0, 0.05) is 44.5 Å². The van der Waals surface area contributed by atoms with Crippen LogP contribution in [-0.2, 0) is 6.54 Å². The quantitative estimate of drug-likeness (QED) is 0.486. The third kappa shape index (κ3) is 6.81. The van der Waals surface area contributed by atoms with Crippen LogP contribution in [0.3, 0.4) is 0 Å². The van der Waals surface area contributed by atoms with E-state index in [2.05, 4.69) is 56.7 Å². The lowest BCUT2D eigenvalue weighted by molar-refractivity contribution is 0.463. The fraction of sp³-hybridized carbons (Fsp3) is 0.560. The summed E-state index contributed by atoms with van der Waals surface area (Å²) in [6.07, 6.45) is 16.0. The van der Waals surface area contributed by atoms with Crippen LogP contribution >= 0.6 is 23.2 Å². The molecule has 2 aromatic heterocycles. The maximum absolute atomic E-state index is 6.26. The number of allylic oxidation sites excluding steroid dienone is 4. The van der Waals surface area contributed by atoms with Gasteiger partial charge < -0.3 is 15.2 Å². The summed E-state index contributed by atoms with van der Waals surface area (Å²) < 4.78 is 2.13. The van der Waals surface area contributed by atoms with Crippen LogP contribution in [0.15, 0.2) is 36.2 Å². The minimum absolute atomic E-state index is 0.387. The molecule has 0 aromatic carbocycles. The summed E-state index contributed by atoms with van der Waals surface area (Å²) in [5.41, 5.74) is 8.12. The number of nitrogens with zero attached hydrogens (tertiary/aromatic N) is 5. The van der Waals surface area contributed by atoms with Crippen molar-refractivity contribution in [3.63, 3.8) is 0 Å². The number of nitrogens with two attached hydrogens (primary N) is 1. The van der Waals surface area contributed by atoms with E-state index < -0.39 is 0 Å². The van der Waals surface area contributed by atoms with Crippen LogP contribution in [0.1, 0.15) is 63.5 Å². The lowest BCUT2D eigenvalue weighted by atomic mass is 9.95. The molecule has 2 fully saturated rings. The van der Waals surface area contributed by atoms with Crippen LogP contribution in [-0.4, -0.2) is 39.4 Å². The maximum Gasteiger partial charge on any atom is 0.136 e. The van der Waals surface area contributed by atoms with Gasteiger partial charge in [0.05, 0.1) is 15.7 Å². The fourth-order valence-electron chi connectivity index (χ4n) is 4.31. The molecule has 2 aliphatic rings. The molecule has 33 heavy (non-hydrogen) atoms. The average molecular weight is 492 g/mol. The van der Waals surface area contributed by atoms with Gasteiger partial charge in [-0.05, 0) is 57.4 Å². The van der Waals surface area contributed by atoms with Crippen LogP contribution in [0.2, 0.25) is 10.0 Å². The lowest BCUT2D eigenvalue weighted by Gasteiger charge is -2.34. The van der Waals surface area contributed by atoms with Gasteiger partial charge in [-0.25, -0.2) is 0 Å². The summed E-state index contributed by atoms with van der Waals surface area (Å²) in [6.45, 7) is 9.39. The van der Waals surface area contributed by atoms with E-state index in [-0.39, 0.29) is 0 Å². The predicted molar refractivity (Wildman–Crippen MR) is 138 cm³/mol. The Labute approximate surface area is 207 Å². The molecule has 6 nitrogen and oxygen atoms in total. The smallest absolute Gasteiger partial charge is 0.136 e. The Kier molecular flexibility index (Phi) is 9.78. The number of anilines is 1. The van der Waals surface area contributed by atoms with Gasteiger partial charge in [-0.2, -0.15) is 0 Å². The van der Waals surface area contributed by atoms with E-state index >= 15 is 0 Å². The Balaban J connectivity index is 0.000000257. The highest BCUT2D eigenvalue weighted by molar-refractivity contribution is 6.38. The average Bonchev–Trinajstić information content (AvgIpc) is 3.59. The number of piperidine rings is 1. The van der Waals surface area contributed by atoms with Crippen molar-refractivity contribution >= 4 is 28.9 Å². The molecule has 180 valence electrons. The van der Waals surface area contributed by atoms with Crippen LogP contribution < -0.4 is 10.6 Å². The Morgan fingerprint density at radius 1 is 1.12 bits per heavy atom. The Morgan fingerprint density at radius 2 is 1.79 bits per heavy atom. The molecule has 0 bridgehead atoms. The van der Waals surface area contributed by atoms with Crippen molar-refractivity contribution in [2.75, 3.05) is 24.5 Å². The molecule has 8 heteroatoms. The van der Waals surface area contributed by atoms with Crippen LogP contribution in [0.25, 0.3) is 0 Å². The normalized spacial score (nSPS) is 17.4. The number of hydrogen-bond donors (Lipinski definition) is 1. The molecule has 4 rings (SSSR count). The van der Waals surface area contributed by atoms with E-state index in [1.165, 1.54) is 12.8 Å². The zero-order valence-corrected chi connectivity index (χ0v) is 21.5. The molecule has 3 heterocycles. The fourth-order valence-corrected chi connectivity index (χ4v) is 4.92. The molecular formula is C25H36Cl2N6. The van der Waals surface area contributed by atoms with E-state index in [0.29, 0.717) is 22.5 Å². The second kappa shape index (κ2) is 12.5. The van der Waals surface area contributed by atoms with Gasteiger partial charge in [0.25, 0.3) is 0 Å². The van der Waals surface area contributed by atoms with E-state index in [1.54, 1.807) is 18.0 Å². The number of halogens is 2. The number of aromatic nitrogens is 4. The van der Waals surface area contributed by atoms with Gasteiger partial charge in [-0.3, -0.25) is 4.98 Å². The molecule has 1 aliphatic carbocycles. The minimum atomic E-state index is 0.387. The third-order valence-electron chi connectivity index (χ3n) is 6.25. The van der Waals surface area contributed by atoms with Crippen molar-refractivity contribution in [3.05, 3.63) is 57.9 Å². The number of aryl methyl sites for hydroxylation is 1. The maximum atomic E-state index is 6.26. The molecule has 1 saturated heterocycles. The van der Waals surface area contributed by atoms with Crippen molar-refractivity contribution in [1.82, 2.24) is 19.7 Å². The third-order valence-corrected chi connectivity index (χ3v) is 6.80. The molecule has 0 radical (unpaired) electrons. The zero-order valence-electron chi connectivity index (χ0n) is 20.0. The summed E-state index contributed by atoms with van der Waals surface area (Å²) in [5.74, 6) is 3.26. The Hall–Kier alpha value is -1.89. The van der Waals surface area contributed by atoms with Crippen molar-refractivity contribution in [2.45, 2.75) is 65.3 Å². The molecule has 0 unspecified atom stereocenters. The van der Waals surface area contributed by atoms with E-state index in [1.807, 2.05) is 6.92 Å². The number of pyridine rings is 1. The minimum Gasteiger partial charge on any atom is -0.369 e. The monoisotopic (exact) mass is 490 g/mol. The van der Waals surface area contributed by atoms with Gasteiger partial charge >= 0.3 is 0 Å². The molecule has 0 atom stereocenters. The molecule has 2 aromatic rings. The summed E-state index contributed by atoms with van der Waals surface area (Å²) in [7, 11) is 0. The first kappa shape index (κ1) is 25.7. The van der Waals surface area contributed by atoms with Crippen molar-refractivity contribution in [1.29, 1.82) is 0 Å². The highest BCUT2D eigenvalue weighted by atomic mass is 35.5. The predicted octanol–water partition coefficient (Wildman–Crippen LogP) is 5.94. The number of rotatable bonds is 7. The van der Waals surface area contributed by atoms with Crippen LogP contribution in [0.5, 0.6) is 0 Å². The Morgan fingerprint density at radius 3 is 2.33 bits per heavy atom. The second-order valence-corrected chi connectivity index (χ2v) is 9.45. The standard InChI is InChI=1S/C15H20Cl2N6.C10H16/c1-10-20-21-15(23(10)7-4-18)11-2-5-22(6-3-11)14-12(16)8-19-9-13(14)17;1-3-5-6-9(4-2)10-7-8-10/h8-9,11H,2-7,18H2,1H3;4-6,10H,3,7-8H2,1-2H3/b;6-5-,9-4+. The Bertz CT molecular complexity index is 936. The van der Waals surface area contributed by atoms with Crippen molar-refractivity contribution < 1.29 is 0 Å². The highest BCUT2D eigenvalue weighted by Crippen LogP contribution is 2.37. The van der Waals surface area contributed by atoms with Gasteiger partial charge in [0.15, 0.2) is 0 Å². The molecule has 1 saturated carbocycles. The topological polar surface area (TPSA) is 72.9 Å². The first-order valence-corrected chi connectivity index (χ1v) is 12.7. The first-order valence-electron chi connectivity index (χ1n) is 12.0. The summed E-state index contributed by atoms with van der Waals surface area (Å²) in [6, 6.07) is 0. The highest BCUT2D eigenvalue weighted by Gasteiger charge is 2.27. The SMILES string of the molecule is C/C=C(\C=C/CC)C1CC1.Cc1nnc(C2CCN(c3c(Cl)cncc3Cl)CC2)n1CCN. The van der Waals surface area contributed by atoms with Gasteiger partial charge in [0.1, 0.15) is 11.6 Å². The zero-order chi connectivity index (χ0) is 23.8. The van der Waals surface area contributed by atoms with Gasteiger partial charge in [-0.1, -0.05) is 48.4 Å². The number of hydrogen-bond acceptors (Lipinski definition) is 5. The molecule has 1 aliphatic heterocycles. The van der Waals surface area contributed by atoms with E-state index in [0.717, 1.165) is 62.2 Å². The molecule has 0 amide bonds. The van der Waals surface area contributed by atoms with E-state index in [4.69, 9.17) is 28.9 Å². The summed E-state index contributed by atoms with van der Waals surface area (Å²) in [4.78, 5) is 6.23. The largest absolute Gasteiger partial charge is 0.369 e. The van der Waals surface area contributed by atoms with E-state index in [9.17, 15) is 0 Å². The van der Waals surface area contributed by atoms with Gasteiger partial charge in [-0.15, -0.1) is 10.2 Å². The molecular weight excluding hydrogens is 455 g/mol. The van der Waals surface area contributed by atoms with Crippen molar-refractivity contribution in [3.8, 4) is 0 Å². The van der Waals surface area contributed by atoms with Gasteiger partial charge in [0.2, 0.25) is 0 Å². The lowest BCUT2D eigenvalue weighted by Crippen LogP contribution is -2.34. The van der Waals surface area contributed by atoms with Crippen molar-refractivity contribution in [2.24, 2.45) is 11.7 Å². The summed E-state index contributed by atoms with van der Waals surface area (Å²) >= 11 is 12.5. The molecule has 0 spiro atoms. The second-order valence-electron chi connectivity index (χ2n) is 8.63. The van der Waals surface area contributed by atoms with Crippen LogP contribution in [0.4, 0.5) is 5.69 Å². The first-order chi connectivity index (χ1) is 16.0. The molecule has 2 N–H and O–H groups in total.